The predicted octanol–water partition coefficient (Wildman–Crippen LogP) is 5.22. The number of anilines is 1. The summed E-state index contributed by atoms with van der Waals surface area (Å²) in [5.74, 6) is -0.146. The fourth-order valence-electron chi connectivity index (χ4n) is 3.51. The third-order valence-electron chi connectivity index (χ3n) is 5.09. The summed E-state index contributed by atoms with van der Waals surface area (Å²) in [6.45, 7) is 9.56. The van der Waals surface area contributed by atoms with Crippen molar-refractivity contribution < 1.29 is 19.1 Å². The van der Waals surface area contributed by atoms with Crippen LogP contribution >= 0.6 is 15.9 Å². The summed E-state index contributed by atoms with van der Waals surface area (Å²) in [5.41, 5.74) is -0.000369. The minimum atomic E-state index is -0.532. The molecule has 0 spiro atoms. The molecule has 1 heterocycles. The van der Waals surface area contributed by atoms with E-state index in [1.807, 2.05) is 52.0 Å². The number of carbonyl (C=O) groups excluding carboxylic acids is 2. The molecule has 162 valence electrons. The van der Waals surface area contributed by atoms with Crippen LogP contribution in [0.4, 0.5) is 10.5 Å². The number of nitrogens with one attached hydrogen (secondary N) is 1. The number of hydrogen-bond donors (Lipinski definition) is 1. The Morgan fingerprint density at radius 1 is 1.17 bits per heavy atom. The average Bonchev–Trinajstić information content (AvgIpc) is 2.66. The van der Waals surface area contributed by atoms with Crippen LogP contribution in [0.25, 0.3) is 0 Å². The van der Waals surface area contributed by atoms with Crippen LogP contribution in [0.1, 0.15) is 53.4 Å². The van der Waals surface area contributed by atoms with Crippen LogP contribution in [0.3, 0.4) is 0 Å². The second-order valence-electron chi connectivity index (χ2n) is 8.51. The summed E-state index contributed by atoms with van der Waals surface area (Å²) in [5, 5.41) is 3.39. The van der Waals surface area contributed by atoms with Crippen molar-refractivity contribution in [2.75, 3.05) is 31.6 Å². The predicted molar refractivity (Wildman–Crippen MR) is 118 cm³/mol. The minimum absolute atomic E-state index is 0.146. The largest absolute Gasteiger partial charge is 0.466 e. The molecule has 0 unspecified atom stereocenters. The molecular formula is C22H33BrN2O4. The highest BCUT2D eigenvalue weighted by atomic mass is 79.9. The molecule has 0 aliphatic carbocycles. The van der Waals surface area contributed by atoms with Crippen LogP contribution in [-0.2, 0) is 14.3 Å². The van der Waals surface area contributed by atoms with Gasteiger partial charge in [-0.3, -0.25) is 4.79 Å². The zero-order valence-electron chi connectivity index (χ0n) is 17.9. The van der Waals surface area contributed by atoms with Gasteiger partial charge in [-0.1, -0.05) is 15.9 Å². The zero-order chi connectivity index (χ0) is 21.5. The van der Waals surface area contributed by atoms with E-state index in [0.29, 0.717) is 32.5 Å². The maximum absolute atomic E-state index is 12.7. The summed E-state index contributed by atoms with van der Waals surface area (Å²) >= 11 is 3.43. The van der Waals surface area contributed by atoms with Gasteiger partial charge in [0.2, 0.25) is 0 Å². The number of amides is 1. The Labute approximate surface area is 182 Å². The smallest absolute Gasteiger partial charge is 0.410 e. The van der Waals surface area contributed by atoms with E-state index in [2.05, 4.69) is 21.2 Å². The lowest BCUT2D eigenvalue weighted by Crippen LogP contribution is -2.48. The van der Waals surface area contributed by atoms with Crippen molar-refractivity contribution in [3.05, 3.63) is 28.7 Å². The Morgan fingerprint density at radius 2 is 1.79 bits per heavy atom. The van der Waals surface area contributed by atoms with Crippen molar-refractivity contribution in [3.8, 4) is 0 Å². The average molecular weight is 469 g/mol. The van der Waals surface area contributed by atoms with Gasteiger partial charge >= 0.3 is 12.1 Å². The summed E-state index contributed by atoms with van der Waals surface area (Å²) in [4.78, 5) is 26.8. The molecule has 1 fully saturated rings. The van der Waals surface area contributed by atoms with E-state index in [1.54, 1.807) is 4.90 Å². The molecule has 0 aromatic heterocycles. The van der Waals surface area contributed by atoms with Crippen LogP contribution in [0.15, 0.2) is 28.7 Å². The minimum Gasteiger partial charge on any atom is -0.466 e. The summed E-state index contributed by atoms with van der Waals surface area (Å²) in [7, 11) is 0. The number of carbonyl (C=O) groups is 2. The Bertz CT molecular complexity index is 677. The summed E-state index contributed by atoms with van der Waals surface area (Å²) < 4.78 is 11.9. The van der Waals surface area contributed by atoms with E-state index in [9.17, 15) is 9.59 Å². The molecule has 0 bridgehead atoms. The van der Waals surface area contributed by atoms with Crippen LogP contribution in [-0.4, -0.2) is 48.8 Å². The Kier molecular flexibility index (Phi) is 8.37. The highest BCUT2D eigenvalue weighted by Crippen LogP contribution is 2.38. The van der Waals surface area contributed by atoms with Crippen molar-refractivity contribution in [2.45, 2.75) is 59.0 Å². The van der Waals surface area contributed by atoms with E-state index in [-0.39, 0.29) is 12.1 Å². The van der Waals surface area contributed by atoms with Crippen molar-refractivity contribution in [2.24, 2.45) is 5.41 Å². The molecule has 1 saturated heterocycles. The van der Waals surface area contributed by atoms with Gasteiger partial charge in [-0.05, 0) is 77.6 Å². The molecule has 1 aliphatic heterocycles. The number of nitrogens with zero attached hydrogens (tertiary/aromatic N) is 1. The number of benzene rings is 1. The number of esters is 1. The molecule has 1 N–H and O–H groups in total. The highest BCUT2D eigenvalue weighted by Gasteiger charge is 2.43. The molecule has 1 amide bonds. The van der Waals surface area contributed by atoms with E-state index in [1.165, 1.54) is 0 Å². The van der Waals surface area contributed by atoms with E-state index in [4.69, 9.17) is 9.47 Å². The topological polar surface area (TPSA) is 67.9 Å². The Hall–Kier alpha value is -1.76. The van der Waals surface area contributed by atoms with Gasteiger partial charge in [0, 0.05) is 29.8 Å². The molecule has 2 rings (SSSR count). The Morgan fingerprint density at radius 3 is 2.34 bits per heavy atom. The molecule has 29 heavy (non-hydrogen) atoms. The number of hydrogen-bond acceptors (Lipinski definition) is 5. The van der Waals surface area contributed by atoms with Crippen molar-refractivity contribution >= 4 is 33.7 Å². The first kappa shape index (κ1) is 23.5. The first-order valence-electron chi connectivity index (χ1n) is 10.3. The quantitative estimate of drug-likeness (QED) is 0.438. The third kappa shape index (κ3) is 7.21. The molecule has 1 aliphatic rings. The Balaban J connectivity index is 1.91. The van der Waals surface area contributed by atoms with Crippen LogP contribution in [0, 0.1) is 5.41 Å². The maximum atomic E-state index is 12.7. The van der Waals surface area contributed by atoms with Crippen LogP contribution < -0.4 is 5.32 Å². The molecular weight excluding hydrogens is 436 g/mol. The van der Waals surface area contributed by atoms with Gasteiger partial charge in [-0.25, -0.2) is 4.79 Å². The monoisotopic (exact) mass is 468 g/mol. The molecule has 0 atom stereocenters. The SMILES string of the molecule is CCOC(=O)C1(CCCNc2ccc(Br)cc2)CCN(C(=O)OC(C)(C)C)CC1. The number of rotatable bonds is 7. The standard InChI is InChI=1S/C22H33BrN2O4/c1-5-28-19(26)22(11-6-14-24-18-9-7-17(23)8-10-18)12-15-25(16-13-22)20(27)29-21(2,3)4/h7-10,24H,5-6,11-16H2,1-4H3. The first-order chi connectivity index (χ1) is 13.6. The van der Waals surface area contributed by atoms with E-state index < -0.39 is 11.0 Å². The first-order valence-corrected chi connectivity index (χ1v) is 11.1. The van der Waals surface area contributed by atoms with Gasteiger partial charge in [-0.2, -0.15) is 0 Å². The lowest BCUT2D eigenvalue weighted by Gasteiger charge is -2.40. The number of piperidine rings is 1. The molecule has 0 radical (unpaired) electrons. The molecule has 1 aromatic carbocycles. The lowest BCUT2D eigenvalue weighted by atomic mass is 9.74. The third-order valence-corrected chi connectivity index (χ3v) is 5.61. The van der Waals surface area contributed by atoms with Crippen molar-refractivity contribution in [1.82, 2.24) is 4.90 Å². The summed E-state index contributed by atoms with van der Waals surface area (Å²) in [6.07, 6.45) is 2.47. The molecule has 7 heteroatoms. The second kappa shape index (κ2) is 10.3. The van der Waals surface area contributed by atoms with Crippen molar-refractivity contribution in [1.29, 1.82) is 0 Å². The molecule has 6 nitrogen and oxygen atoms in total. The number of ether oxygens (including phenoxy) is 2. The summed E-state index contributed by atoms with van der Waals surface area (Å²) in [6, 6.07) is 8.03. The fraction of sp³-hybridized carbons (Fsp3) is 0.636. The van der Waals surface area contributed by atoms with Gasteiger partial charge in [0.1, 0.15) is 5.60 Å². The van der Waals surface area contributed by atoms with Crippen LogP contribution in [0.5, 0.6) is 0 Å². The zero-order valence-corrected chi connectivity index (χ0v) is 19.5. The molecule has 0 saturated carbocycles. The highest BCUT2D eigenvalue weighted by molar-refractivity contribution is 9.10. The van der Waals surface area contributed by atoms with E-state index in [0.717, 1.165) is 29.5 Å². The van der Waals surface area contributed by atoms with E-state index >= 15 is 0 Å². The maximum Gasteiger partial charge on any atom is 0.410 e. The van der Waals surface area contributed by atoms with Gasteiger partial charge in [-0.15, -0.1) is 0 Å². The van der Waals surface area contributed by atoms with Crippen LogP contribution in [0.2, 0.25) is 0 Å². The van der Waals surface area contributed by atoms with Crippen molar-refractivity contribution in [3.63, 3.8) is 0 Å². The van der Waals surface area contributed by atoms with Gasteiger partial charge in [0.25, 0.3) is 0 Å². The second-order valence-corrected chi connectivity index (χ2v) is 9.42. The fourth-order valence-corrected chi connectivity index (χ4v) is 3.78. The molecule has 1 aromatic rings. The van der Waals surface area contributed by atoms with Gasteiger partial charge in [0.05, 0.1) is 12.0 Å². The lowest BCUT2D eigenvalue weighted by molar-refractivity contribution is -0.159. The van der Waals surface area contributed by atoms with Gasteiger partial charge in [0.15, 0.2) is 0 Å². The van der Waals surface area contributed by atoms with Gasteiger partial charge < -0.3 is 19.7 Å². The number of likely N-dealkylation sites (tertiary alicyclic amines) is 1. The number of halogens is 1. The normalized spacial score (nSPS) is 16.2.